The molecule has 0 amide bonds. The first kappa shape index (κ1) is 16.6. The van der Waals surface area contributed by atoms with Gasteiger partial charge in [0.15, 0.2) is 0 Å². The summed E-state index contributed by atoms with van der Waals surface area (Å²) in [5, 5.41) is 10.5. The summed E-state index contributed by atoms with van der Waals surface area (Å²) in [7, 11) is 0. The molecule has 1 aromatic carbocycles. The minimum Gasteiger partial charge on any atom is -0.322 e. The van der Waals surface area contributed by atoms with Crippen molar-refractivity contribution in [3.8, 4) is 22.4 Å². The van der Waals surface area contributed by atoms with Gasteiger partial charge in [0.2, 0.25) is 0 Å². The van der Waals surface area contributed by atoms with E-state index in [0.717, 1.165) is 33.1 Å². The predicted molar refractivity (Wildman–Crippen MR) is 100.0 cm³/mol. The number of thiazole rings is 1. The SMILES string of the molecule is NC(Cc1nccs1)c1[nH]nc(-c2ccc(F)cc2)c1-c1ccncc1. The van der Waals surface area contributed by atoms with Gasteiger partial charge in [0.1, 0.15) is 11.5 Å². The van der Waals surface area contributed by atoms with E-state index >= 15 is 0 Å². The number of halogens is 1. The molecule has 0 aliphatic heterocycles. The second-order valence-electron chi connectivity index (χ2n) is 5.84. The van der Waals surface area contributed by atoms with Crippen LogP contribution in [0.5, 0.6) is 0 Å². The maximum Gasteiger partial charge on any atom is 0.123 e. The first-order valence-corrected chi connectivity index (χ1v) is 8.99. The summed E-state index contributed by atoms with van der Waals surface area (Å²) >= 11 is 1.58. The molecule has 4 rings (SSSR count). The fourth-order valence-electron chi connectivity index (χ4n) is 2.90. The number of nitrogens with one attached hydrogen (secondary N) is 1. The van der Waals surface area contributed by atoms with Gasteiger partial charge < -0.3 is 5.73 Å². The van der Waals surface area contributed by atoms with Gasteiger partial charge in [0.25, 0.3) is 0 Å². The van der Waals surface area contributed by atoms with E-state index in [-0.39, 0.29) is 11.9 Å². The van der Waals surface area contributed by atoms with Gasteiger partial charge in [-0.15, -0.1) is 11.3 Å². The lowest BCUT2D eigenvalue weighted by Gasteiger charge is -2.12. The van der Waals surface area contributed by atoms with Gasteiger partial charge in [-0.3, -0.25) is 10.1 Å². The van der Waals surface area contributed by atoms with Crippen molar-refractivity contribution < 1.29 is 4.39 Å². The number of H-pyrrole nitrogens is 1. The molecule has 3 aromatic heterocycles. The maximum atomic E-state index is 13.3. The topological polar surface area (TPSA) is 80.5 Å². The van der Waals surface area contributed by atoms with Crippen LogP contribution in [0, 0.1) is 5.82 Å². The molecule has 130 valence electrons. The highest BCUT2D eigenvalue weighted by atomic mass is 32.1. The first-order valence-electron chi connectivity index (χ1n) is 8.11. The van der Waals surface area contributed by atoms with E-state index in [2.05, 4.69) is 20.2 Å². The number of rotatable bonds is 5. The molecule has 4 aromatic rings. The summed E-state index contributed by atoms with van der Waals surface area (Å²) in [6, 6.07) is 9.82. The quantitative estimate of drug-likeness (QED) is 0.561. The van der Waals surface area contributed by atoms with Gasteiger partial charge in [-0.05, 0) is 42.0 Å². The Bertz CT molecular complexity index is 981. The summed E-state index contributed by atoms with van der Waals surface area (Å²) in [6.07, 6.45) is 5.84. The smallest absolute Gasteiger partial charge is 0.123 e. The van der Waals surface area contributed by atoms with Crippen LogP contribution in [0.4, 0.5) is 4.39 Å². The average molecular weight is 365 g/mol. The molecule has 5 nitrogen and oxygen atoms in total. The lowest BCUT2D eigenvalue weighted by molar-refractivity contribution is 0.628. The van der Waals surface area contributed by atoms with Crippen molar-refractivity contribution in [2.45, 2.75) is 12.5 Å². The van der Waals surface area contributed by atoms with Crippen molar-refractivity contribution in [2.24, 2.45) is 5.73 Å². The maximum absolute atomic E-state index is 13.3. The van der Waals surface area contributed by atoms with E-state index in [9.17, 15) is 4.39 Å². The third-order valence-electron chi connectivity index (χ3n) is 4.13. The van der Waals surface area contributed by atoms with E-state index in [1.54, 1.807) is 42.1 Å². The zero-order valence-corrected chi connectivity index (χ0v) is 14.6. The molecular formula is C19H16FN5S. The Hall–Kier alpha value is -2.90. The van der Waals surface area contributed by atoms with Crippen LogP contribution >= 0.6 is 11.3 Å². The third kappa shape index (κ3) is 3.26. The number of hydrogen-bond donors (Lipinski definition) is 2. The van der Waals surface area contributed by atoms with Crippen LogP contribution in [-0.4, -0.2) is 20.2 Å². The van der Waals surface area contributed by atoms with Crippen LogP contribution in [0.25, 0.3) is 22.4 Å². The van der Waals surface area contributed by atoms with Gasteiger partial charge in [-0.1, -0.05) is 0 Å². The number of aromatic nitrogens is 4. The molecule has 0 aliphatic rings. The summed E-state index contributed by atoms with van der Waals surface area (Å²) < 4.78 is 13.3. The van der Waals surface area contributed by atoms with Gasteiger partial charge >= 0.3 is 0 Å². The van der Waals surface area contributed by atoms with Crippen LogP contribution in [0.1, 0.15) is 16.7 Å². The summed E-state index contributed by atoms with van der Waals surface area (Å²) in [5.41, 5.74) is 10.7. The zero-order chi connectivity index (χ0) is 17.9. The fraction of sp³-hybridized carbons (Fsp3) is 0.105. The molecule has 0 aliphatic carbocycles. The lowest BCUT2D eigenvalue weighted by Crippen LogP contribution is -2.14. The highest BCUT2D eigenvalue weighted by Crippen LogP contribution is 2.36. The number of hydrogen-bond acceptors (Lipinski definition) is 5. The molecule has 0 bridgehead atoms. The second-order valence-corrected chi connectivity index (χ2v) is 6.82. The third-order valence-corrected chi connectivity index (χ3v) is 4.93. The van der Waals surface area contributed by atoms with Gasteiger partial charge in [-0.2, -0.15) is 5.10 Å². The van der Waals surface area contributed by atoms with Crippen LogP contribution in [-0.2, 0) is 6.42 Å². The standard InChI is InChI=1S/C19H16FN5S/c20-14-3-1-13(2-4-14)18-17(12-5-7-22-8-6-12)19(25-24-18)15(21)11-16-23-9-10-26-16/h1-10,15H,11,21H2,(H,24,25). The highest BCUT2D eigenvalue weighted by molar-refractivity contribution is 7.09. The number of benzene rings is 1. The molecule has 1 atom stereocenters. The van der Waals surface area contributed by atoms with Crippen molar-refractivity contribution in [1.29, 1.82) is 0 Å². The van der Waals surface area contributed by atoms with Gasteiger partial charge in [0.05, 0.1) is 16.7 Å². The normalized spacial score (nSPS) is 12.2. The summed E-state index contributed by atoms with van der Waals surface area (Å²) in [6.45, 7) is 0. The largest absolute Gasteiger partial charge is 0.322 e. The van der Waals surface area contributed by atoms with E-state index < -0.39 is 0 Å². The van der Waals surface area contributed by atoms with E-state index in [4.69, 9.17) is 5.73 Å². The number of aromatic amines is 1. The molecular weight excluding hydrogens is 349 g/mol. The minimum atomic E-state index is -0.286. The van der Waals surface area contributed by atoms with Gasteiger partial charge in [0, 0.05) is 41.5 Å². The van der Waals surface area contributed by atoms with Crippen LogP contribution in [0.3, 0.4) is 0 Å². The molecule has 0 fully saturated rings. The molecule has 26 heavy (non-hydrogen) atoms. The Labute approximate surface area is 153 Å². The van der Waals surface area contributed by atoms with Gasteiger partial charge in [-0.25, -0.2) is 9.37 Å². The van der Waals surface area contributed by atoms with Crippen molar-refractivity contribution in [1.82, 2.24) is 20.2 Å². The number of nitrogens with two attached hydrogens (primary N) is 1. The molecule has 3 heterocycles. The highest BCUT2D eigenvalue weighted by Gasteiger charge is 2.22. The Kier molecular flexibility index (Phi) is 4.55. The molecule has 0 spiro atoms. The molecule has 7 heteroatoms. The van der Waals surface area contributed by atoms with Crippen LogP contribution in [0.15, 0.2) is 60.4 Å². The Balaban J connectivity index is 1.80. The van der Waals surface area contributed by atoms with Crippen LogP contribution < -0.4 is 5.73 Å². The number of nitrogens with zero attached hydrogens (tertiary/aromatic N) is 3. The molecule has 3 N–H and O–H groups in total. The number of pyridine rings is 1. The average Bonchev–Trinajstić information content (AvgIpc) is 3.32. The van der Waals surface area contributed by atoms with Crippen molar-refractivity contribution in [2.75, 3.05) is 0 Å². The van der Waals surface area contributed by atoms with E-state index in [1.165, 1.54) is 12.1 Å². The first-order chi connectivity index (χ1) is 12.7. The Morgan fingerprint density at radius 3 is 2.50 bits per heavy atom. The molecule has 0 radical (unpaired) electrons. The van der Waals surface area contributed by atoms with Crippen LogP contribution in [0.2, 0.25) is 0 Å². The van der Waals surface area contributed by atoms with E-state index in [1.807, 2.05) is 17.5 Å². The zero-order valence-electron chi connectivity index (χ0n) is 13.8. The van der Waals surface area contributed by atoms with Crippen molar-refractivity contribution in [3.05, 3.63) is 76.9 Å². The fourth-order valence-corrected chi connectivity index (χ4v) is 3.57. The minimum absolute atomic E-state index is 0.282. The monoisotopic (exact) mass is 365 g/mol. The summed E-state index contributed by atoms with van der Waals surface area (Å²) in [5.74, 6) is -0.282. The molecule has 0 saturated heterocycles. The Morgan fingerprint density at radius 1 is 1.04 bits per heavy atom. The molecule has 1 unspecified atom stereocenters. The van der Waals surface area contributed by atoms with E-state index in [0.29, 0.717) is 6.42 Å². The Morgan fingerprint density at radius 2 is 1.81 bits per heavy atom. The summed E-state index contributed by atoms with van der Waals surface area (Å²) in [4.78, 5) is 8.40. The molecule has 0 saturated carbocycles. The second kappa shape index (κ2) is 7.15. The predicted octanol–water partition coefficient (Wildman–Crippen LogP) is 3.98. The van der Waals surface area contributed by atoms with Crippen molar-refractivity contribution >= 4 is 11.3 Å². The van der Waals surface area contributed by atoms with Crippen molar-refractivity contribution in [3.63, 3.8) is 0 Å². The lowest BCUT2D eigenvalue weighted by atomic mass is 9.96.